The molecule has 3 N–H and O–H groups in total. The van der Waals surface area contributed by atoms with E-state index in [-0.39, 0.29) is 6.04 Å². The van der Waals surface area contributed by atoms with Crippen molar-refractivity contribution in [3.8, 4) is 22.5 Å². The third kappa shape index (κ3) is 4.00. The smallest absolute Gasteiger partial charge is 0.101 e. The summed E-state index contributed by atoms with van der Waals surface area (Å²) in [6.07, 6.45) is 8.99. The van der Waals surface area contributed by atoms with Gasteiger partial charge in [0.05, 0.1) is 23.3 Å². The summed E-state index contributed by atoms with van der Waals surface area (Å²) < 4.78 is 5.27. The highest BCUT2D eigenvalue weighted by atomic mass is 16.5. The molecular formula is C25H25N5O. The maximum atomic E-state index is 6.04. The molecule has 0 radical (unpaired) electrons. The molecule has 0 saturated carbocycles. The van der Waals surface area contributed by atoms with E-state index in [9.17, 15) is 0 Å². The lowest BCUT2D eigenvalue weighted by atomic mass is 9.92. The number of fused-ring (bicyclic) bond motifs is 1. The van der Waals surface area contributed by atoms with Crippen LogP contribution in [0.1, 0.15) is 30.4 Å². The van der Waals surface area contributed by atoms with Gasteiger partial charge < -0.3 is 10.5 Å². The standard InChI is InChI=1S/C25H25N5O/c1-31-15-16-3-2-4-18(11-16)25-21(14-28-30-25)22-9-10-23-24(29-22)12-19(13-27-23)17-5-7-20(26)8-6-17/h2-5,9-14,20H,6-8,15,26H2,1H3,(H,28,30). The first-order valence-electron chi connectivity index (χ1n) is 10.6. The molecule has 5 rings (SSSR count). The fraction of sp³-hybridized carbons (Fsp3) is 0.240. The van der Waals surface area contributed by atoms with E-state index in [0.29, 0.717) is 6.61 Å². The Bertz CT molecular complexity index is 1260. The van der Waals surface area contributed by atoms with Crippen molar-refractivity contribution in [1.82, 2.24) is 20.2 Å². The molecule has 0 fully saturated rings. The fourth-order valence-corrected chi connectivity index (χ4v) is 4.13. The number of ether oxygens (including phenoxy) is 1. The van der Waals surface area contributed by atoms with Crippen LogP contribution in [0, 0.1) is 0 Å². The summed E-state index contributed by atoms with van der Waals surface area (Å²) >= 11 is 0. The lowest BCUT2D eigenvalue weighted by Crippen LogP contribution is -2.21. The van der Waals surface area contributed by atoms with E-state index in [1.807, 2.05) is 36.7 Å². The van der Waals surface area contributed by atoms with Crippen molar-refractivity contribution in [3.05, 3.63) is 72.1 Å². The molecule has 6 heteroatoms. The van der Waals surface area contributed by atoms with E-state index in [4.69, 9.17) is 15.5 Å². The highest BCUT2D eigenvalue weighted by Crippen LogP contribution is 2.32. The number of nitrogens with zero attached hydrogens (tertiary/aromatic N) is 3. The lowest BCUT2D eigenvalue weighted by molar-refractivity contribution is 0.185. The van der Waals surface area contributed by atoms with Gasteiger partial charge in [-0.3, -0.25) is 10.1 Å². The molecule has 0 saturated heterocycles. The number of pyridine rings is 2. The van der Waals surface area contributed by atoms with Crippen LogP contribution in [0.4, 0.5) is 0 Å². The summed E-state index contributed by atoms with van der Waals surface area (Å²) in [6.45, 7) is 0.566. The molecule has 31 heavy (non-hydrogen) atoms. The average molecular weight is 412 g/mol. The van der Waals surface area contributed by atoms with Gasteiger partial charge in [0.25, 0.3) is 0 Å². The minimum atomic E-state index is 0.267. The van der Waals surface area contributed by atoms with Crippen LogP contribution < -0.4 is 5.73 Å². The lowest BCUT2D eigenvalue weighted by Gasteiger charge is -2.18. The quantitative estimate of drug-likeness (QED) is 0.496. The zero-order valence-corrected chi connectivity index (χ0v) is 17.5. The van der Waals surface area contributed by atoms with Crippen molar-refractivity contribution in [1.29, 1.82) is 0 Å². The van der Waals surface area contributed by atoms with E-state index in [1.54, 1.807) is 7.11 Å². The van der Waals surface area contributed by atoms with Crippen LogP contribution in [-0.4, -0.2) is 33.3 Å². The fourth-order valence-electron chi connectivity index (χ4n) is 4.13. The molecule has 0 bridgehead atoms. The summed E-state index contributed by atoms with van der Waals surface area (Å²) in [5.74, 6) is 0. The minimum Gasteiger partial charge on any atom is -0.380 e. The average Bonchev–Trinajstić information content (AvgIpc) is 3.29. The molecule has 0 amide bonds. The number of benzene rings is 1. The molecule has 1 aromatic carbocycles. The summed E-state index contributed by atoms with van der Waals surface area (Å²) in [4.78, 5) is 9.57. The number of aromatic amines is 1. The Labute approximate surface area is 181 Å². The van der Waals surface area contributed by atoms with Gasteiger partial charge in [0.2, 0.25) is 0 Å². The highest BCUT2D eigenvalue weighted by molar-refractivity contribution is 5.85. The van der Waals surface area contributed by atoms with Gasteiger partial charge in [-0.2, -0.15) is 5.10 Å². The molecule has 1 atom stereocenters. The number of rotatable bonds is 5. The van der Waals surface area contributed by atoms with Crippen molar-refractivity contribution in [2.24, 2.45) is 5.73 Å². The first kappa shape index (κ1) is 19.6. The molecule has 0 spiro atoms. The largest absolute Gasteiger partial charge is 0.380 e. The number of aromatic nitrogens is 4. The van der Waals surface area contributed by atoms with Gasteiger partial charge in [-0.1, -0.05) is 24.3 Å². The Kier molecular flexibility index (Phi) is 5.32. The molecule has 4 aromatic rings. The molecule has 1 unspecified atom stereocenters. The van der Waals surface area contributed by atoms with E-state index in [0.717, 1.165) is 63.9 Å². The van der Waals surface area contributed by atoms with Crippen LogP contribution in [0.25, 0.3) is 39.1 Å². The van der Waals surface area contributed by atoms with Crippen molar-refractivity contribution in [3.63, 3.8) is 0 Å². The first-order valence-corrected chi connectivity index (χ1v) is 10.6. The summed E-state index contributed by atoms with van der Waals surface area (Å²) in [5, 5.41) is 7.50. The molecule has 3 heterocycles. The molecule has 1 aliphatic carbocycles. The van der Waals surface area contributed by atoms with Gasteiger partial charge in [-0.25, -0.2) is 4.98 Å². The monoisotopic (exact) mass is 411 g/mol. The third-order valence-corrected chi connectivity index (χ3v) is 5.79. The van der Waals surface area contributed by atoms with Gasteiger partial charge >= 0.3 is 0 Å². The number of nitrogens with two attached hydrogens (primary N) is 1. The normalized spacial score (nSPS) is 16.5. The van der Waals surface area contributed by atoms with E-state index < -0.39 is 0 Å². The predicted octanol–water partition coefficient (Wildman–Crippen LogP) is 4.73. The van der Waals surface area contributed by atoms with Crippen LogP contribution in [0.2, 0.25) is 0 Å². The third-order valence-electron chi connectivity index (χ3n) is 5.79. The molecule has 1 aliphatic rings. The Balaban J connectivity index is 1.53. The van der Waals surface area contributed by atoms with Crippen molar-refractivity contribution >= 4 is 16.6 Å². The number of nitrogens with one attached hydrogen (secondary N) is 1. The van der Waals surface area contributed by atoms with Crippen LogP contribution in [0.5, 0.6) is 0 Å². The minimum absolute atomic E-state index is 0.267. The number of H-pyrrole nitrogens is 1. The summed E-state index contributed by atoms with van der Waals surface area (Å²) in [7, 11) is 1.70. The molecule has 156 valence electrons. The highest BCUT2D eigenvalue weighted by Gasteiger charge is 2.15. The van der Waals surface area contributed by atoms with Gasteiger partial charge in [0.1, 0.15) is 5.69 Å². The topological polar surface area (TPSA) is 89.7 Å². The second kappa shape index (κ2) is 8.41. The molecule has 3 aromatic heterocycles. The summed E-state index contributed by atoms with van der Waals surface area (Å²) in [6, 6.07) is 14.6. The van der Waals surface area contributed by atoms with Crippen molar-refractivity contribution in [2.75, 3.05) is 7.11 Å². The second-order valence-electron chi connectivity index (χ2n) is 8.00. The predicted molar refractivity (Wildman–Crippen MR) is 123 cm³/mol. The number of hydrogen-bond acceptors (Lipinski definition) is 5. The Morgan fingerprint density at radius 2 is 2.06 bits per heavy atom. The number of hydrogen-bond donors (Lipinski definition) is 2. The zero-order valence-electron chi connectivity index (χ0n) is 17.5. The van der Waals surface area contributed by atoms with Crippen molar-refractivity contribution < 1.29 is 4.74 Å². The van der Waals surface area contributed by atoms with Gasteiger partial charge in [-0.15, -0.1) is 0 Å². The number of methoxy groups -OCH3 is 1. The number of allylic oxidation sites excluding steroid dienone is 1. The van der Waals surface area contributed by atoms with Gasteiger partial charge in [0, 0.05) is 36.7 Å². The first-order chi connectivity index (χ1) is 15.2. The Morgan fingerprint density at radius 1 is 1.13 bits per heavy atom. The molecule has 0 aliphatic heterocycles. The van der Waals surface area contributed by atoms with E-state index in [2.05, 4.69) is 39.5 Å². The molecular weight excluding hydrogens is 386 g/mol. The second-order valence-corrected chi connectivity index (χ2v) is 8.00. The van der Waals surface area contributed by atoms with Gasteiger partial charge in [0.15, 0.2) is 0 Å². The van der Waals surface area contributed by atoms with Crippen LogP contribution in [-0.2, 0) is 11.3 Å². The van der Waals surface area contributed by atoms with Crippen molar-refractivity contribution in [2.45, 2.75) is 31.9 Å². The summed E-state index contributed by atoms with van der Waals surface area (Å²) in [5.41, 5.74) is 15.1. The SMILES string of the molecule is COCc1cccc(-c2n[nH]cc2-c2ccc3ncc(C4=CCC(N)CC4)cc3n2)c1. The van der Waals surface area contributed by atoms with Gasteiger partial charge in [-0.05, 0) is 60.2 Å². The van der Waals surface area contributed by atoms with Crippen LogP contribution in [0.15, 0.2) is 60.9 Å². The maximum Gasteiger partial charge on any atom is 0.101 e. The van der Waals surface area contributed by atoms with E-state index >= 15 is 0 Å². The maximum absolute atomic E-state index is 6.04. The Hall–Kier alpha value is -3.35. The van der Waals surface area contributed by atoms with E-state index in [1.165, 1.54) is 5.57 Å². The van der Waals surface area contributed by atoms with Crippen LogP contribution >= 0.6 is 0 Å². The van der Waals surface area contributed by atoms with Crippen LogP contribution in [0.3, 0.4) is 0 Å². The Morgan fingerprint density at radius 3 is 2.90 bits per heavy atom. The molecule has 6 nitrogen and oxygen atoms in total. The zero-order chi connectivity index (χ0) is 21.2.